The van der Waals surface area contributed by atoms with Crippen molar-refractivity contribution in [3.63, 3.8) is 0 Å². The highest BCUT2D eigenvalue weighted by atomic mass is 19.4. The monoisotopic (exact) mass is 407 g/mol. The van der Waals surface area contributed by atoms with Gasteiger partial charge in [-0.25, -0.2) is 4.79 Å². The molecule has 0 saturated carbocycles. The summed E-state index contributed by atoms with van der Waals surface area (Å²) in [5, 5.41) is 3.14. The maximum absolute atomic E-state index is 13.3. The van der Waals surface area contributed by atoms with E-state index in [4.69, 9.17) is 4.74 Å². The van der Waals surface area contributed by atoms with E-state index in [1.165, 1.54) is 12.1 Å². The number of Topliss-reactive ketones (excluding diaryl/α,β-unsaturated/α-hetero) is 1. The number of dihydropyridines is 1. The summed E-state index contributed by atoms with van der Waals surface area (Å²) in [4.78, 5) is 26.0. The van der Waals surface area contributed by atoms with Crippen LogP contribution in [0.1, 0.15) is 57.6 Å². The van der Waals surface area contributed by atoms with Crippen molar-refractivity contribution in [2.24, 2.45) is 5.41 Å². The Morgan fingerprint density at radius 1 is 1.31 bits per heavy atom. The van der Waals surface area contributed by atoms with Crippen molar-refractivity contribution in [3.05, 3.63) is 57.9 Å². The zero-order valence-electron chi connectivity index (χ0n) is 16.9. The second-order valence-electron chi connectivity index (χ2n) is 8.05. The Kier molecular flexibility index (Phi) is 5.36. The van der Waals surface area contributed by atoms with Crippen molar-refractivity contribution in [2.75, 3.05) is 6.61 Å². The van der Waals surface area contributed by atoms with E-state index in [2.05, 4.69) is 5.32 Å². The molecule has 0 radical (unpaired) electrons. The van der Waals surface area contributed by atoms with E-state index >= 15 is 0 Å². The Bertz CT molecular complexity index is 925. The third-order valence-electron chi connectivity index (χ3n) is 5.55. The van der Waals surface area contributed by atoms with Gasteiger partial charge in [-0.3, -0.25) is 4.79 Å². The van der Waals surface area contributed by atoms with Crippen molar-refractivity contribution in [1.29, 1.82) is 0 Å². The van der Waals surface area contributed by atoms with Crippen molar-refractivity contribution in [3.8, 4) is 0 Å². The van der Waals surface area contributed by atoms with Crippen LogP contribution in [-0.2, 0) is 20.5 Å². The fraction of sp³-hybridized carbons (Fsp3) is 0.455. The van der Waals surface area contributed by atoms with Crippen molar-refractivity contribution < 1.29 is 27.5 Å². The topological polar surface area (TPSA) is 55.4 Å². The van der Waals surface area contributed by atoms with Gasteiger partial charge >= 0.3 is 12.1 Å². The average Bonchev–Trinajstić information content (AvgIpc) is 2.64. The fourth-order valence-corrected chi connectivity index (χ4v) is 3.98. The maximum Gasteiger partial charge on any atom is 0.416 e. The van der Waals surface area contributed by atoms with Crippen LogP contribution < -0.4 is 5.32 Å². The molecule has 1 unspecified atom stereocenters. The molecule has 1 atom stereocenters. The summed E-state index contributed by atoms with van der Waals surface area (Å²) in [5.41, 5.74) is 0.469. The predicted octanol–water partition coefficient (Wildman–Crippen LogP) is 4.87. The molecule has 1 aromatic carbocycles. The summed E-state index contributed by atoms with van der Waals surface area (Å²) in [6.07, 6.45) is -3.33. The molecule has 1 aliphatic carbocycles. The highest BCUT2D eigenvalue weighted by molar-refractivity contribution is 6.06. The van der Waals surface area contributed by atoms with E-state index in [1.807, 2.05) is 13.8 Å². The number of alkyl halides is 3. The number of halogens is 3. The molecule has 2 aliphatic rings. The van der Waals surface area contributed by atoms with Crippen LogP contribution in [0.3, 0.4) is 0 Å². The number of ketones is 1. The lowest BCUT2D eigenvalue weighted by Gasteiger charge is -2.39. The molecule has 0 amide bonds. The van der Waals surface area contributed by atoms with Gasteiger partial charge in [-0.2, -0.15) is 13.2 Å². The van der Waals surface area contributed by atoms with Gasteiger partial charge in [0.25, 0.3) is 0 Å². The molecule has 1 N–H and O–H groups in total. The average molecular weight is 407 g/mol. The van der Waals surface area contributed by atoms with Crippen LogP contribution in [0, 0.1) is 5.41 Å². The number of carbonyl (C=O) groups excluding carboxylic acids is 2. The van der Waals surface area contributed by atoms with E-state index in [-0.39, 0.29) is 23.5 Å². The second kappa shape index (κ2) is 7.35. The number of ether oxygens (including phenoxy) is 1. The van der Waals surface area contributed by atoms with Crippen LogP contribution in [0.2, 0.25) is 0 Å². The molecule has 0 fully saturated rings. The van der Waals surface area contributed by atoms with Crippen molar-refractivity contribution in [2.45, 2.75) is 52.6 Å². The molecule has 0 saturated heterocycles. The molecule has 7 heteroatoms. The van der Waals surface area contributed by atoms with Gasteiger partial charge < -0.3 is 10.1 Å². The molecule has 156 valence electrons. The summed E-state index contributed by atoms with van der Waals surface area (Å²) in [6.45, 7) is 7.09. The smallest absolute Gasteiger partial charge is 0.416 e. The lowest BCUT2D eigenvalue weighted by Crippen LogP contribution is -2.40. The van der Waals surface area contributed by atoms with Gasteiger partial charge in [0.1, 0.15) is 0 Å². The van der Waals surface area contributed by atoms with E-state index < -0.39 is 29.0 Å². The minimum atomic E-state index is -4.53. The van der Waals surface area contributed by atoms with Crippen molar-refractivity contribution in [1.82, 2.24) is 5.32 Å². The van der Waals surface area contributed by atoms with Crippen LogP contribution in [-0.4, -0.2) is 18.4 Å². The molecule has 29 heavy (non-hydrogen) atoms. The van der Waals surface area contributed by atoms with Gasteiger partial charge in [-0.15, -0.1) is 0 Å². The minimum absolute atomic E-state index is 0.121. The SMILES string of the molecule is CCOC(=O)C1=C(C)NC2=C(C(=O)C(C)(C)CC2)C1c1cccc(C(F)(F)F)c1. The number of nitrogens with one attached hydrogen (secondary N) is 1. The summed E-state index contributed by atoms with van der Waals surface area (Å²) in [5.74, 6) is -1.70. The molecule has 3 rings (SSSR count). The molecule has 0 spiro atoms. The third-order valence-corrected chi connectivity index (χ3v) is 5.55. The summed E-state index contributed by atoms with van der Waals surface area (Å²) in [7, 11) is 0. The maximum atomic E-state index is 13.3. The first-order valence-corrected chi connectivity index (χ1v) is 9.57. The minimum Gasteiger partial charge on any atom is -0.463 e. The quantitative estimate of drug-likeness (QED) is 0.726. The molecule has 0 aromatic heterocycles. The van der Waals surface area contributed by atoms with Crippen LogP contribution in [0.25, 0.3) is 0 Å². The van der Waals surface area contributed by atoms with Crippen molar-refractivity contribution >= 4 is 11.8 Å². The van der Waals surface area contributed by atoms with Gasteiger partial charge in [-0.1, -0.05) is 32.0 Å². The number of benzene rings is 1. The number of hydrogen-bond acceptors (Lipinski definition) is 4. The number of allylic oxidation sites excluding steroid dienone is 3. The van der Waals surface area contributed by atoms with Gasteiger partial charge in [-0.05, 0) is 38.3 Å². The second-order valence-corrected chi connectivity index (χ2v) is 8.05. The highest BCUT2D eigenvalue weighted by Crippen LogP contribution is 2.47. The Morgan fingerprint density at radius 3 is 2.62 bits per heavy atom. The van der Waals surface area contributed by atoms with Crippen LogP contribution in [0.5, 0.6) is 0 Å². The molecule has 4 nitrogen and oxygen atoms in total. The number of rotatable bonds is 3. The van der Waals surface area contributed by atoms with Crippen LogP contribution >= 0.6 is 0 Å². The summed E-state index contributed by atoms with van der Waals surface area (Å²) >= 11 is 0. The zero-order chi connectivity index (χ0) is 21.6. The lowest BCUT2D eigenvalue weighted by atomic mass is 9.67. The molecular formula is C22H24F3NO3. The largest absolute Gasteiger partial charge is 0.463 e. The molecule has 1 aromatic rings. The molecular weight excluding hydrogens is 383 g/mol. The first-order chi connectivity index (χ1) is 13.5. The Balaban J connectivity index is 2.23. The van der Waals surface area contributed by atoms with E-state index in [1.54, 1.807) is 13.8 Å². The first kappa shape index (κ1) is 21.1. The normalized spacial score (nSPS) is 21.6. The lowest BCUT2D eigenvalue weighted by molar-refractivity contribution is -0.139. The Hall–Kier alpha value is -2.57. The molecule has 1 heterocycles. The number of carbonyl (C=O) groups is 2. The Labute approximate surface area is 167 Å². The third kappa shape index (κ3) is 3.82. The van der Waals surface area contributed by atoms with E-state index in [9.17, 15) is 22.8 Å². The van der Waals surface area contributed by atoms with E-state index in [0.717, 1.165) is 12.1 Å². The highest BCUT2D eigenvalue weighted by Gasteiger charge is 2.45. The van der Waals surface area contributed by atoms with Gasteiger partial charge in [0.15, 0.2) is 5.78 Å². The fourth-order valence-electron chi connectivity index (χ4n) is 3.98. The Morgan fingerprint density at radius 2 is 2.00 bits per heavy atom. The standard InChI is InChI=1S/C22H24F3NO3/c1-5-29-20(28)16-12(2)26-15-9-10-21(3,4)19(27)18(15)17(16)13-7-6-8-14(11-13)22(23,24)25/h6-8,11,17,26H,5,9-10H2,1-4H3. The number of esters is 1. The predicted molar refractivity (Wildman–Crippen MR) is 102 cm³/mol. The van der Waals surface area contributed by atoms with E-state index in [0.29, 0.717) is 29.8 Å². The van der Waals surface area contributed by atoms with Gasteiger partial charge in [0.05, 0.1) is 17.7 Å². The summed E-state index contributed by atoms with van der Waals surface area (Å²) in [6, 6.07) is 4.82. The molecule has 0 bridgehead atoms. The first-order valence-electron chi connectivity index (χ1n) is 9.57. The zero-order valence-corrected chi connectivity index (χ0v) is 16.9. The van der Waals surface area contributed by atoms with Gasteiger partial charge in [0, 0.05) is 28.3 Å². The summed E-state index contributed by atoms with van der Waals surface area (Å²) < 4.78 is 45.2. The number of hydrogen-bond donors (Lipinski definition) is 1. The van der Waals surface area contributed by atoms with Gasteiger partial charge in [0.2, 0.25) is 0 Å². The van der Waals surface area contributed by atoms with Crippen LogP contribution in [0.4, 0.5) is 13.2 Å². The van der Waals surface area contributed by atoms with Crippen LogP contribution in [0.15, 0.2) is 46.8 Å². The molecule has 1 aliphatic heterocycles.